The maximum Gasteiger partial charge on any atom is 0.325 e. The summed E-state index contributed by atoms with van der Waals surface area (Å²) in [4.78, 5) is 38.2. The van der Waals surface area contributed by atoms with Crippen molar-refractivity contribution < 1.29 is 4.79 Å². The quantitative estimate of drug-likeness (QED) is 0.774. The maximum atomic E-state index is 11.8. The predicted molar refractivity (Wildman–Crippen MR) is 69.8 cm³/mol. The first kappa shape index (κ1) is 12.3. The van der Waals surface area contributed by atoms with Crippen LogP contribution in [0.5, 0.6) is 0 Å². The number of carbonyl (C=O) groups is 1. The molecule has 2 rings (SSSR count). The van der Waals surface area contributed by atoms with E-state index in [0.717, 1.165) is 10.7 Å². The summed E-state index contributed by atoms with van der Waals surface area (Å²) in [6.07, 6.45) is 1.08. The van der Waals surface area contributed by atoms with Gasteiger partial charge in [0.15, 0.2) is 0 Å². The molecule has 0 bridgehead atoms. The van der Waals surface area contributed by atoms with Crippen LogP contribution in [0.4, 0.5) is 5.69 Å². The van der Waals surface area contributed by atoms with Gasteiger partial charge in [0, 0.05) is 16.4 Å². The molecule has 0 saturated heterocycles. The number of halogens is 1. The molecule has 0 unspecified atom stereocenters. The van der Waals surface area contributed by atoms with Crippen molar-refractivity contribution in [2.75, 3.05) is 5.32 Å². The van der Waals surface area contributed by atoms with E-state index in [4.69, 9.17) is 0 Å². The van der Waals surface area contributed by atoms with Gasteiger partial charge < -0.3 is 10.3 Å². The fourth-order valence-corrected chi connectivity index (χ4v) is 1.74. The van der Waals surface area contributed by atoms with E-state index < -0.39 is 17.2 Å². The van der Waals surface area contributed by atoms with E-state index >= 15 is 0 Å². The van der Waals surface area contributed by atoms with Gasteiger partial charge in [0.2, 0.25) is 0 Å². The largest absolute Gasteiger partial charge is 0.325 e. The molecule has 2 aromatic rings. The Hall–Kier alpha value is -2.15. The van der Waals surface area contributed by atoms with Crippen LogP contribution in [0.15, 0.2) is 44.5 Å². The Morgan fingerprint density at radius 1 is 1.28 bits per heavy atom. The number of hydrogen-bond donors (Lipinski definition) is 3. The number of aromatic amines is 2. The third-order valence-corrected chi connectivity index (χ3v) is 2.64. The lowest BCUT2D eigenvalue weighted by atomic mass is 10.3. The van der Waals surface area contributed by atoms with Crippen LogP contribution in [0.3, 0.4) is 0 Å². The van der Waals surface area contributed by atoms with Crippen molar-refractivity contribution in [3.05, 3.63) is 61.3 Å². The van der Waals surface area contributed by atoms with Crippen molar-refractivity contribution >= 4 is 27.5 Å². The number of benzene rings is 1. The van der Waals surface area contributed by atoms with Crippen LogP contribution in [0.2, 0.25) is 0 Å². The fraction of sp³-hybridized carbons (Fsp3) is 0. The SMILES string of the molecule is O=C(Nc1cccc(Br)c1)c1c[nH]c(=O)[nH]c1=O. The van der Waals surface area contributed by atoms with Crippen molar-refractivity contribution in [3.8, 4) is 0 Å². The Morgan fingerprint density at radius 2 is 2.06 bits per heavy atom. The topological polar surface area (TPSA) is 94.8 Å². The molecule has 7 heteroatoms. The summed E-state index contributed by atoms with van der Waals surface area (Å²) < 4.78 is 0.802. The number of amides is 1. The summed E-state index contributed by atoms with van der Waals surface area (Å²) in [6.45, 7) is 0. The third-order valence-electron chi connectivity index (χ3n) is 2.15. The van der Waals surface area contributed by atoms with Crippen LogP contribution in [-0.4, -0.2) is 15.9 Å². The fourth-order valence-electron chi connectivity index (χ4n) is 1.34. The molecule has 0 aliphatic heterocycles. The van der Waals surface area contributed by atoms with Crippen LogP contribution in [0.1, 0.15) is 10.4 Å². The number of aromatic nitrogens is 2. The lowest BCUT2D eigenvalue weighted by molar-refractivity contribution is 0.102. The first-order valence-electron chi connectivity index (χ1n) is 4.95. The molecule has 0 fully saturated rings. The first-order valence-corrected chi connectivity index (χ1v) is 5.74. The standard InChI is InChI=1S/C11H8BrN3O3/c12-6-2-1-3-7(4-6)14-9(16)8-5-13-11(18)15-10(8)17/h1-5H,(H,14,16)(H2,13,15,17,18). The molecule has 1 heterocycles. The van der Waals surface area contributed by atoms with Crippen molar-refractivity contribution in [2.45, 2.75) is 0 Å². The van der Waals surface area contributed by atoms with Gasteiger partial charge >= 0.3 is 5.69 Å². The average molecular weight is 310 g/mol. The van der Waals surface area contributed by atoms with E-state index in [0.29, 0.717) is 5.69 Å². The highest BCUT2D eigenvalue weighted by Gasteiger charge is 2.11. The van der Waals surface area contributed by atoms with Crippen molar-refractivity contribution in [1.29, 1.82) is 0 Å². The molecule has 0 radical (unpaired) electrons. The lowest BCUT2D eigenvalue weighted by Gasteiger charge is -2.04. The van der Waals surface area contributed by atoms with Gasteiger partial charge in [0.1, 0.15) is 5.56 Å². The lowest BCUT2D eigenvalue weighted by Crippen LogP contribution is -2.29. The van der Waals surface area contributed by atoms with E-state index in [1.807, 2.05) is 11.1 Å². The molecule has 6 nitrogen and oxygen atoms in total. The number of nitrogens with one attached hydrogen (secondary N) is 3. The molecule has 92 valence electrons. The Kier molecular flexibility index (Phi) is 3.42. The minimum absolute atomic E-state index is 0.158. The average Bonchev–Trinajstić information content (AvgIpc) is 2.28. The normalized spacial score (nSPS) is 10.1. The van der Waals surface area contributed by atoms with Gasteiger partial charge in [0.25, 0.3) is 11.5 Å². The Bertz CT molecular complexity index is 705. The molecule has 1 aromatic heterocycles. The summed E-state index contributed by atoms with van der Waals surface area (Å²) >= 11 is 3.27. The minimum Gasteiger partial charge on any atom is -0.322 e. The number of rotatable bonds is 2. The van der Waals surface area contributed by atoms with Gasteiger partial charge in [-0.1, -0.05) is 22.0 Å². The molecule has 0 atom stereocenters. The van der Waals surface area contributed by atoms with Gasteiger partial charge in [-0.25, -0.2) is 4.79 Å². The van der Waals surface area contributed by atoms with Gasteiger partial charge in [-0.15, -0.1) is 0 Å². The molecule has 1 aromatic carbocycles. The van der Waals surface area contributed by atoms with Crippen LogP contribution < -0.4 is 16.6 Å². The number of H-pyrrole nitrogens is 2. The minimum atomic E-state index is -0.730. The zero-order chi connectivity index (χ0) is 13.1. The van der Waals surface area contributed by atoms with Crippen LogP contribution >= 0.6 is 15.9 Å². The van der Waals surface area contributed by atoms with Gasteiger partial charge in [-0.2, -0.15) is 0 Å². The zero-order valence-electron chi connectivity index (χ0n) is 8.99. The third kappa shape index (κ3) is 2.75. The van der Waals surface area contributed by atoms with Gasteiger partial charge in [-0.05, 0) is 18.2 Å². The number of hydrogen-bond acceptors (Lipinski definition) is 3. The summed E-state index contributed by atoms with van der Waals surface area (Å²) in [5, 5.41) is 2.55. The Morgan fingerprint density at radius 3 is 2.72 bits per heavy atom. The highest BCUT2D eigenvalue weighted by Crippen LogP contribution is 2.15. The van der Waals surface area contributed by atoms with Crippen molar-refractivity contribution in [1.82, 2.24) is 9.97 Å². The Labute approximate surface area is 109 Å². The maximum absolute atomic E-state index is 11.8. The second-order valence-electron chi connectivity index (χ2n) is 3.45. The Balaban J connectivity index is 2.27. The summed E-state index contributed by atoms with van der Waals surface area (Å²) in [5.41, 5.74) is -1.00. The molecule has 0 saturated carbocycles. The summed E-state index contributed by atoms with van der Waals surface area (Å²) in [5.74, 6) is -0.592. The molecule has 18 heavy (non-hydrogen) atoms. The van der Waals surface area contributed by atoms with Gasteiger partial charge in [-0.3, -0.25) is 14.6 Å². The van der Waals surface area contributed by atoms with Gasteiger partial charge in [0.05, 0.1) is 0 Å². The van der Waals surface area contributed by atoms with Crippen LogP contribution in [0.25, 0.3) is 0 Å². The second-order valence-corrected chi connectivity index (χ2v) is 4.37. The number of anilines is 1. The molecule has 1 amide bonds. The van der Waals surface area contributed by atoms with E-state index in [1.165, 1.54) is 0 Å². The smallest absolute Gasteiger partial charge is 0.322 e. The van der Waals surface area contributed by atoms with Crippen molar-refractivity contribution in [3.63, 3.8) is 0 Å². The zero-order valence-corrected chi connectivity index (χ0v) is 10.6. The number of carbonyl (C=O) groups excluding carboxylic acids is 1. The summed E-state index contributed by atoms with van der Waals surface area (Å²) in [7, 11) is 0. The van der Waals surface area contributed by atoms with Crippen molar-refractivity contribution in [2.24, 2.45) is 0 Å². The first-order chi connectivity index (χ1) is 8.56. The molecule has 0 aliphatic rings. The van der Waals surface area contributed by atoms with E-state index in [-0.39, 0.29) is 5.56 Å². The monoisotopic (exact) mass is 309 g/mol. The highest BCUT2D eigenvalue weighted by atomic mass is 79.9. The van der Waals surface area contributed by atoms with E-state index in [9.17, 15) is 14.4 Å². The molecular formula is C11H8BrN3O3. The highest BCUT2D eigenvalue weighted by molar-refractivity contribution is 9.10. The van der Waals surface area contributed by atoms with Crippen LogP contribution in [0, 0.1) is 0 Å². The predicted octanol–water partition coefficient (Wildman–Crippen LogP) is 1.08. The second kappa shape index (κ2) is 5.01. The molecule has 0 aliphatic carbocycles. The van der Waals surface area contributed by atoms with E-state index in [2.05, 4.69) is 26.2 Å². The van der Waals surface area contributed by atoms with Crippen LogP contribution in [-0.2, 0) is 0 Å². The molecule has 3 N–H and O–H groups in total. The summed E-state index contributed by atoms with van der Waals surface area (Å²) in [6, 6.07) is 6.93. The van der Waals surface area contributed by atoms with E-state index in [1.54, 1.807) is 18.2 Å². The molecule has 0 spiro atoms. The molecular weight excluding hydrogens is 302 g/mol.